The van der Waals surface area contributed by atoms with Crippen LogP contribution in [0.5, 0.6) is 0 Å². The normalized spacial score (nSPS) is 9.22. The van der Waals surface area contributed by atoms with Crippen molar-refractivity contribution in [3.05, 3.63) is 59.7 Å². The van der Waals surface area contributed by atoms with Crippen molar-refractivity contribution in [3.63, 3.8) is 0 Å². The van der Waals surface area contributed by atoms with Gasteiger partial charge in [-0.1, -0.05) is 18.2 Å². The monoisotopic (exact) mass is 233 g/mol. The van der Waals surface area contributed by atoms with Crippen LogP contribution in [-0.2, 0) is 6.42 Å². The second kappa shape index (κ2) is 5.52. The summed E-state index contributed by atoms with van der Waals surface area (Å²) in [5.41, 5.74) is 3.43. The Balaban J connectivity index is 2.14. The van der Waals surface area contributed by atoms with E-state index < -0.39 is 0 Å². The summed E-state index contributed by atoms with van der Waals surface area (Å²) in [5.74, 6) is 0. The molecule has 0 aromatic heterocycles. The van der Waals surface area contributed by atoms with Gasteiger partial charge in [0.15, 0.2) is 0 Å². The predicted octanol–water partition coefficient (Wildman–Crippen LogP) is 3.37. The molecule has 0 aliphatic rings. The molecule has 0 spiro atoms. The standard InChI is InChI=1S/C15H11N3/c16-9-8-12-4-6-14(7-5-12)18-15-3-1-2-13(10-15)11-17/h1-7,10,18H,8H2. The van der Waals surface area contributed by atoms with Crippen LogP contribution in [0.4, 0.5) is 11.4 Å². The Kier molecular flexibility index (Phi) is 3.59. The summed E-state index contributed by atoms with van der Waals surface area (Å²) in [5, 5.41) is 20.6. The van der Waals surface area contributed by atoms with Crippen molar-refractivity contribution < 1.29 is 0 Å². The Morgan fingerprint density at radius 1 is 0.944 bits per heavy atom. The van der Waals surface area contributed by atoms with Gasteiger partial charge in [-0.2, -0.15) is 10.5 Å². The molecule has 0 fully saturated rings. The minimum absolute atomic E-state index is 0.421. The van der Waals surface area contributed by atoms with Gasteiger partial charge >= 0.3 is 0 Å². The highest BCUT2D eigenvalue weighted by atomic mass is 14.9. The lowest BCUT2D eigenvalue weighted by Crippen LogP contribution is -1.91. The molecule has 0 saturated heterocycles. The molecule has 1 N–H and O–H groups in total. The van der Waals surface area contributed by atoms with Gasteiger partial charge in [0.2, 0.25) is 0 Å². The molecule has 0 radical (unpaired) electrons. The van der Waals surface area contributed by atoms with Crippen LogP contribution in [0, 0.1) is 22.7 Å². The zero-order valence-electron chi connectivity index (χ0n) is 9.72. The lowest BCUT2D eigenvalue weighted by atomic mass is 10.1. The summed E-state index contributed by atoms with van der Waals surface area (Å²) in [6.07, 6.45) is 0.421. The molecule has 3 heteroatoms. The van der Waals surface area contributed by atoms with Crippen molar-refractivity contribution in [2.75, 3.05) is 5.32 Å². The number of hydrogen-bond donors (Lipinski definition) is 1. The molecule has 2 rings (SSSR count). The van der Waals surface area contributed by atoms with Crippen LogP contribution in [0.2, 0.25) is 0 Å². The van der Waals surface area contributed by atoms with Gasteiger partial charge in [-0.3, -0.25) is 0 Å². The highest BCUT2D eigenvalue weighted by Gasteiger charge is 1.97. The van der Waals surface area contributed by atoms with Crippen molar-refractivity contribution in [1.29, 1.82) is 10.5 Å². The number of benzene rings is 2. The van der Waals surface area contributed by atoms with Crippen LogP contribution < -0.4 is 5.32 Å². The van der Waals surface area contributed by atoms with Gasteiger partial charge in [-0.25, -0.2) is 0 Å². The largest absolute Gasteiger partial charge is 0.355 e. The zero-order valence-corrected chi connectivity index (χ0v) is 9.72. The molecule has 0 atom stereocenters. The minimum Gasteiger partial charge on any atom is -0.355 e. The fourth-order valence-electron chi connectivity index (χ4n) is 1.63. The van der Waals surface area contributed by atoms with Crippen LogP contribution >= 0.6 is 0 Å². The summed E-state index contributed by atoms with van der Waals surface area (Å²) in [6, 6.07) is 19.2. The Hall–Kier alpha value is -2.78. The smallest absolute Gasteiger partial charge is 0.0992 e. The molecule has 0 saturated carbocycles. The topological polar surface area (TPSA) is 59.6 Å². The van der Waals surface area contributed by atoms with Crippen molar-refractivity contribution >= 4 is 11.4 Å². The van der Waals surface area contributed by atoms with E-state index in [1.807, 2.05) is 36.4 Å². The van der Waals surface area contributed by atoms with E-state index in [1.54, 1.807) is 12.1 Å². The average molecular weight is 233 g/mol. The van der Waals surface area contributed by atoms with Gasteiger partial charge in [0.25, 0.3) is 0 Å². The lowest BCUT2D eigenvalue weighted by Gasteiger charge is -2.07. The Bertz CT molecular complexity index is 615. The maximum atomic E-state index is 8.82. The molecule has 0 aliphatic heterocycles. The quantitative estimate of drug-likeness (QED) is 0.884. The molecule has 0 unspecified atom stereocenters. The third-order valence-corrected chi connectivity index (χ3v) is 2.52. The van der Waals surface area contributed by atoms with Crippen LogP contribution in [0.15, 0.2) is 48.5 Å². The molecule has 18 heavy (non-hydrogen) atoms. The first-order valence-electron chi connectivity index (χ1n) is 5.55. The zero-order chi connectivity index (χ0) is 12.8. The Morgan fingerprint density at radius 2 is 1.72 bits per heavy atom. The SMILES string of the molecule is N#CCc1ccc(Nc2cccc(C#N)c2)cc1. The van der Waals surface area contributed by atoms with E-state index in [9.17, 15) is 0 Å². The first-order valence-corrected chi connectivity index (χ1v) is 5.55. The summed E-state index contributed by atoms with van der Waals surface area (Å²) >= 11 is 0. The molecular weight excluding hydrogens is 222 g/mol. The van der Waals surface area contributed by atoms with Crippen molar-refractivity contribution in [2.24, 2.45) is 0 Å². The van der Waals surface area contributed by atoms with E-state index in [-0.39, 0.29) is 0 Å². The van der Waals surface area contributed by atoms with Gasteiger partial charge in [-0.05, 0) is 35.9 Å². The third kappa shape index (κ3) is 2.87. The maximum Gasteiger partial charge on any atom is 0.0992 e. The molecule has 0 aliphatic carbocycles. The molecule has 0 heterocycles. The van der Waals surface area contributed by atoms with E-state index in [1.165, 1.54) is 0 Å². The van der Waals surface area contributed by atoms with E-state index >= 15 is 0 Å². The fraction of sp³-hybridized carbons (Fsp3) is 0.0667. The average Bonchev–Trinajstić information content (AvgIpc) is 2.42. The van der Waals surface area contributed by atoms with Gasteiger partial charge in [0.05, 0.1) is 24.1 Å². The van der Waals surface area contributed by atoms with Crippen LogP contribution in [-0.4, -0.2) is 0 Å². The van der Waals surface area contributed by atoms with Crippen molar-refractivity contribution in [2.45, 2.75) is 6.42 Å². The number of nitrogens with zero attached hydrogens (tertiary/aromatic N) is 2. The highest BCUT2D eigenvalue weighted by molar-refractivity contribution is 5.61. The number of hydrogen-bond acceptors (Lipinski definition) is 3. The van der Waals surface area contributed by atoms with E-state index in [4.69, 9.17) is 10.5 Å². The molecule has 2 aromatic rings. The predicted molar refractivity (Wildman–Crippen MR) is 70.2 cm³/mol. The van der Waals surface area contributed by atoms with Gasteiger partial charge in [0, 0.05) is 11.4 Å². The second-order valence-electron chi connectivity index (χ2n) is 3.85. The maximum absolute atomic E-state index is 8.82. The van der Waals surface area contributed by atoms with E-state index in [0.717, 1.165) is 16.9 Å². The Morgan fingerprint density at radius 3 is 2.39 bits per heavy atom. The minimum atomic E-state index is 0.421. The van der Waals surface area contributed by atoms with Crippen LogP contribution in [0.1, 0.15) is 11.1 Å². The summed E-state index contributed by atoms with van der Waals surface area (Å²) in [4.78, 5) is 0. The van der Waals surface area contributed by atoms with Gasteiger partial charge in [0.1, 0.15) is 0 Å². The van der Waals surface area contributed by atoms with E-state index in [0.29, 0.717) is 12.0 Å². The molecule has 3 nitrogen and oxygen atoms in total. The highest BCUT2D eigenvalue weighted by Crippen LogP contribution is 2.18. The Labute approximate surface area is 106 Å². The van der Waals surface area contributed by atoms with Gasteiger partial charge < -0.3 is 5.32 Å². The number of nitrogens with one attached hydrogen (secondary N) is 1. The van der Waals surface area contributed by atoms with E-state index in [2.05, 4.69) is 17.5 Å². The van der Waals surface area contributed by atoms with Crippen molar-refractivity contribution in [1.82, 2.24) is 0 Å². The number of nitriles is 2. The van der Waals surface area contributed by atoms with Crippen LogP contribution in [0.25, 0.3) is 0 Å². The molecular formula is C15H11N3. The first-order chi connectivity index (χ1) is 8.81. The van der Waals surface area contributed by atoms with Crippen LogP contribution in [0.3, 0.4) is 0 Å². The third-order valence-electron chi connectivity index (χ3n) is 2.52. The van der Waals surface area contributed by atoms with Gasteiger partial charge in [-0.15, -0.1) is 0 Å². The number of rotatable bonds is 3. The lowest BCUT2D eigenvalue weighted by molar-refractivity contribution is 1.26. The molecule has 86 valence electrons. The molecule has 2 aromatic carbocycles. The number of anilines is 2. The summed E-state index contributed by atoms with van der Waals surface area (Å²) in [7, 11) is 0. The van der Waals surface area contributed by atoms with Crippen molar-refractivity contribution in [3.8, 4) is 12.1 Å². The first kappa shape index (κ1) is 11.7. The summed E-state index contributed by atoms with van der Waals surface area (Å²) < 4.78 is 0. The fourth-order valence-corrected chi connectivity index (χ4v) is 1.63. The molecule has 0 amide bonds. The second-order valence-corrected chi connectivity index (χ2v) is 3.85. The summed E-state index contributed by atoms with van der Waals surface area (Å²) in [6.45, 7) is 0. The molecule has 0 bridgehead atoms.